The van der Waals surface area contributed by atoms with E-state index in [1.165, 1.54) is 18.9 Å². The van der Waals surface area contributed by atoms with Gasteiger partial charge in [0.15, 0.2) is 0 Å². The second-order valence-corrected chi connectivity index (χ2v) is 15.0. The second kappa shape index (κ2) is 16.1. The summed E-state index contributed by atoms with van der Waals surface area (Å²) in [6.07, 6.45) is 1.88. The minimum atomic E-state index is -4.70. The van der Waals surface area contributed by atoms with Crippen LogP contribution < -0.4 is 16.8 Å². The van der Waals surface area contributed by atoms with Gasteiger partial charge in [0.2, 0.25) is 11.8 Å². The maximum atomic E-state index is 14.1. The number of anilines is 2. The molecule has 3 aliphatic heterocycles. The van der Waals surface area contributed by atoms with E-state index in [4.69, 9.17) is 23.1 Å². The number of amides is 2. The number of alkyl halides is 3. The Morgan fingerprint density at radius 1 is 0.840 bits per heavy atom. The molecule has 5 N–H and O–H groups in total. The van der Waals surface area contributed by atoms with Gasteiger partial charge in [0.1, 0.15) is 0 Å². The van der Waals surface area contributed by atoms with Gasteiger partial charge in [-0.2, -0.15) is 13.2 Å². The Morgan fingerprint density at radius 3 is 2.04 bits per heavy atom. The van der Waals surface area contributed by atoms with E-state index >= 15 is 0 Å². The van der Waals surface area contributed by atoms with E-state index in [9.17, 15) is 22.8 Å². The molecule has 3 saturated heterocycles. The summed E-state index contributed by atoms with van der Waals surface area (Å²) in [6.45, 7) is 7.28. The van der Waals surface area contributed by atoms with Crippen molar-refractivity contribution < 1.29 is 22.8 Å². The number of nitrogens with two attached hydrogens (primary N) is 2. The van der Waals surface area contributed by atoms with Gasteiger partial charge < -0.3 is 26.6 Å². The molecule has 0 radical (unpaired) electrons. The molecule has 3 heterocycles. The van der Waals surface area contributed by atoms with Crippen molar-refractivity contribution in [2.75, 3.05) is 70.4 Å². The molecule has 0 spiro atoms. The maximum absolute atomic E-state index is 14.1. The van der Waals surface area contributed by atoms with Gasteiger partial charge in [-0.05, 0) is 87.2 Å². The minimum absolute atomic E-state index is 0.0304. The fourth-order valence-corrected chi connectivity index (χ4v) is 8.26. The summed E-state index contributed by atoms with van der Waals surface area (Å²) in [4.78, 5) is 36.5. The number of piperidine rings is 2. The molecule has 4 aliphatic rings. The van der Waals surface area contributed by atoms with E-state index in [1.807, 2.05) is 29.2 Å². The monoisotopic (exact) mass is 717 g/mol. The van der Waals surface area contributed by atoms with Crippen LogP contribution in [-0.4, -0.2) is 108 Å². The third-order valence-corrected chi connectivity index (χ3v) is 11.5. The Balaban J connectivity index is 1.07. The lowest BCUT2D eigenvalue weighted by atomic mass is 9.91. The highest BCUT2D eigenvalue weighted by molar-refractivity contribution is 6.33. The fraction of sp³-hybridized carbons (Fsp3) is 0.622. The zero-order valence-electron chi connectivity index (χ0n) is 28.8. The van der Waals surface area contributed by atoms with Crippen molar-refractivity contribution in [3.8, 4) is 0 Å². The molecule has 2 amide bonds. The van der Waals surface area contributed by atoms with Crippen LogP contribution in [0.2, 0.25) is 5.02 Å². The van der Waals surface area contributed by atoms with Crippen LogP contribution in [0.5, 0.6) is 0 Å². The molecular weight excluding hydrogens is 667 g/mol. The topological polar surface area (TPSA) is 111 Å². The Hall–Kier alpha value is -3.06. The molecule has 1 aliphatic carbocycles. The lowest BCUT2D eigenvalue weighted by Gasteiger charge is -2.43. The molecule has 1 saturated carbocycles. The first-order valence-electron chi connectivity index (χ1n) is 18.2. The number of nitrogen functional groups attached to an aromatic ring is 2. The molecule has 9 nitrogen and oxygen atoms in total. The van der Waals surface area contributed by atoms with Gasteiger partial charge in [-0.25, -0.2) is 0 Å². The van der Waals surface area contributed by atoms with Crippen molar-refractivity contribution >= 4 is 34.8 Å². The van der Waals surface area contributed by atoms with Crippen LogP contribution in [0, 0.1) is 5.92 Å². The second-order valence-electron chi connectivity index (χ2n) is 14.6. The number of nitrogens with zero attached hydrogens (tertiary/aromatic N) is 4. The highest BCUT2D eigenvalue weighted by atomic mass is 35.5. The zero-order chi connectivity index (χ0) is 35.4. The van der Waals surface area contributed by atoms with Gasteiger partial charge in [-0.3, -0.25) is 19.4 Å². The van der Waals surface area contributed by atoms with E-state index in [0.717, 1.165) is 88.2 Å². The number of carbonyl (C=O) groups is 2. The van der Waals surface area contributed by atoms with Crippen LogP contribution >= 0.6 is 11.6 Å². The van der Waals surface area contributed by atoms with Crippen LogP contribution in [0.1, 0.15) is 61.6 Å². The molecule has 274 valence electrons. The van der Waals surface area contributed by atoms with Crippen LogP contribution in [0.3, 0.4) is 0 Å². The highest BCUT2D eigenvalue weighted by Gasteiger charge is 2.38. The molecule has 6 rings (SSSR count). The number of rotatable bonds is 11. The van der Waals surface area contributed by atoms with Gasteiger partial charge in [0.05, 0.1) is 22.2 Å². The van der Waals surface area contributed by atoms with Gasteiger partial charge in [0, 0.05) is 82.6 Å². The molecule has 0 bridgehead atoms. The lowest BCUT2D eigenvalue weighted by Crippen LogP contribution is -2.54. The zero-order valence-corrected chi connectivity index (χ0v) is 29.5. The summed E-state index contributed by atoms with van der Waals surface area (Å²) in [7, 11) is 0. The molecule has 50 heavy (non-hydrogen) atoms. The quantitative estimate of drug-likeness (QED) is 0.290. The van der Waals surface area contributed by atoms with Gasteiger partial charge in [-0.1, -0.05) is 29.8 Å². The number of nitrogens with one attached hydrogen (secondary N) is 1. The standard InChI is InChI=1S/C37H51ClF3N7O2/c38-32-23-25(22-31(35(32)43)37(39,40)41)21-27(36(50)48-15-10-30(11-16-48)46-19-17-45(18-20-46)29-5-6-29)24-34(49)47-13-8-28(9-14-47)44-12-7-26-3-1-2-4-33(26)42/h1-4,22-23,27-30,44H,5-21,24,42-43H2. The number of carbonyl (C=O) groups excluding carboxylic acids is 2. The van der Waals surface area contributed by atoms with Crippen molar-refractivity contribution in [3.05, 3.63) is 58.1 Å². The van der Waals surface area contributed by atoms with Crippen LogP contribution in [0.15, 0.2) is 36.4 Å². The number of hydrogen-bond donors (Lipinski definition) is 3. The third kappa shape index (κ3) is 9.23. The van der Waals surface area contributed by atoms with Crippen LogP contribution in [0.4, 0.5) is 24.5 Å². The number of piperazine rings is 1. The highest BCUT2D eigenvalue weighted by Crippen LogP contribution is 2.38. The fourth-order valence-electron chi connectivity index (χ4n) is 8.02. The Bertz CT molecular complexity index is 1480. The van der Waals surface area contributed by atoms with E-state index in [1.54, 1.807) is 4.90 Å². The molecule has 2 aromatic carbocycles. The van der Waals surface area contributed by atoms with Gasteiger partial charge in [-0.15, -0.1) is 0 Å². The normalized spacial score (nSPS) is 21.0. The summed E-state index contributed by atoms with van der Waals surface area (Å²) >= 11 is 6.16. The molecule has 13 heteroatoms. The van der Waals surface area contributed by atoms with Crippen molar-refractivity contribution in [2.24, 2.45) is 5.92 Å². The smallest absolute Gasteiger partial charge is 0.399 e. The van der Waals surface area contributed by atoms with Gasteiger partial charge in [0.25, 0.3) is 0 Å². The Morgan fingerprint density at radius 2 is 1.44 bits per heavy atom. The molecule has 0 aromatic heterocycles. The summed E-state index contributed by atoms with van der Waals surface area (Å²) in [6, 6.07) is 11.6. The average molecular weight is 718 g/mol. The van der Waals surface area contributed by atoms with Crippen LogP contribution in [0.25, 0.3) is 0 Å². The predicted octanol–water partition coefficient (Wildman–Crippen LogP) is 4.67. The molecular formula is C37H51ClF3N7O2. The molecule has 4 fully saturated rings. The average Bonchev–Trinajstić information content (AvgIpc) is 3.96. The first-order chi connectivity index (χ1) is 24.0. The third-order valence-electron chi connectivity index (χ3n) is 11.2. The predicted molar refractivity (Wildman–Crippen MR) is 191 cm³/mol. The van der Waals surface area contributed by atoms with Crippen LogP contribution in [-0.2, 0) is 28.6 Å². The maximum Gasteiger partial charge on any atom is 0.418 e. The lowest BCUT2D eigenvalue weighted by molar-refractivity contribution is -0.143. The molecule has 1 atom stereocenters. The number of benzene rings is 2. The van der Waals surface area contributed by atoms with E-state index < -0.39 is 23.3 Å². The van der Waals surface area contributed by atoms with Crippen molar-refractivity contribution in [3.63, 3.8) is 0 Å². The number of hydrogen-bond acceptors (Lipinski definition) is 7. The van der Waals surface area contributed by atoms with Crippen molar-refractivity contribution in [1.82, 2.24) is 24.9 Å². The number of likely N-dealkylation sites (tertiary alicyclic amines) is 2. The number of para-hydroxylation sites is 1. The van der Waals surface area contributed by atoms with Gasteiger partial charge >= 0.3 is 6.18 Å². The van der Waals surface area contributed by atoms with E-state index in [2.05, 4.69) is 15.1 Å². The van der Waals surface area contributed by atoms with E-state index in [0.29, 0.717) is 32.2 Å². The van der Waals surface area contributed by atoms with Crippen molar-refractivity contribution in [1.29, 1.82) is 0 Å². The molecule has 2 aromatic rings. The first kappa shape index (κ1) is 36.7. The summed E-state index contributed by atoms with van der Waals surface area (Å²) in [5.74, 6) is -1.15. The Kier molecular flexibility index (Phi) is 11.8. The summed E-state index contributed by atoms with van der Waals surface area (Å²) in [5.41, 5.74) is 12.3. The Labute approximate surface area is 298 Å². The number of halogens is 4. The first-order valence-corrected chi connectivity index (χ1v) is 18.6. The molecule has 1 unspecified atom stereocenters. The summed E-state index contributed by atoms with van der Waals surface area (Å²) in [5, 5.41) is 3.37. The minimum Gasteiger partial charge on any atom is -0.399 e. The summed E-state index contributed by atoms with van der Waals surface area (Å²) < 4.78 is 41.5. The largest absolute Gasteiger partial charge is 0.418 e. The van der Waals surface area contributed by atoms with E-state index in [-0.39, 0.29) is 41.3 Å². The van der Waals surface area contributed by atoms with Crippen molar-refractivity contribution in [2.45, 2.75) is 82.1 Å². The SMILES string of the molecule is Nc1ccccc1CCNC1CCN(C(=O)CC(Cc2cc(Cl)c(N)c(C(F)(F)F)c2)C(=O)N2CCC(N3CCN(C4CC4)CC3)CC2)CC1.